The smallest absolute Gasteiger partial charge is 0.308 e. The van der Waals surface area contributed by atoms with Gasteiger partial charge < -0.3 is 9.47 Å². The molecule has 3 fully saturated rings. The Morgan fingerprint density at radius 2 is 2.24 bits per heavy atom. The van der Waals surface area contributed by atoms with E-state index >= 15 is 0 Å². The topological polar surface area (TPSA) is 50.8 Å². The minimum atomic E-state index is -0.0457. The van der Waals surface area contributed by atoms with Crippen LogP contribution in [-0.2, 0) is 14.3 Å². The molecule has 2 aliphatic heterocycles. The Labute approximate surface area is 101 Å². The van der Waals surface area contributed by atoms with Crippen LogP contribution in [0.5, 0.6) is 0 Å². The van der Waals surface area contributed by atoms with E-state index in [2.05, 4.69) is 10.4 Å². The molecule has 96 valence electrons. The molecule has 17 heavy (non-hydrogen) atoms. The summed E-state index contributed by atoms with van der Waals surface area (Å²) >= 11 is 0. The molecule has 0 amide bonds. The van der Waals surface area contributed by atoms with Crippen molar-refractivity contribution in [1.82, 2.24) is 10.4 Å². The Kier molecular flexibility index (Phi) is 3.06. The van der Waals surface area contributed by atoms with Crippen LogP contribution in [0.3, 0.4) is 0 Å². The second kappa shape index (κ2) is 4.55. The van der Waals surface area contributed by atoms with Crippen LogP contribution < -0.4 is 5.43 Å². The zero-order chi connectivity index (χ0) is 11.8. The summed E-state index contributed by atoms with van der Waals surface area (Å²) in [5.74, 6) is 0.735. The number of esters is 1. The van der Waals surface area contributed by atoms with Gasteiger partial charge in [0.25, 0.3) is 0 Å². The summed E-state index contributed by atoms with van der Waals surface area (Å²) in [6, 6.07) is 0.991. The van der Waals surface area contributed by atoms with Gasteiger partial charge in [-0.05, 0) is 25.2 Å². The zero-order valence-electron chi connectivity index (χ0n) is 10.2. The van der Waals surface area contributed by atoms with Crippen LogP contribution in [0.25, 0.3) is 0 Å². The number of nitrogens with one attached hydrogen (secondary N) is 1. The molecule has 3 rings (SSSR count). The number of hydrogen-bond acceptors (Lipinski definition) is 5. The molecule has 2 heterocycles. The van der Waals surface area contributed by atoms with Crippen LogP contribution in [0.2, 0.25) is 0 Å². The average molecular weight is 240 g/mol. The quantitative estimate of drug-likeness (QED) is 0.697. The van der Waals surface area contributed by atoms with Crippen LogP contribution >= 0.6 is 0 Å². The van der Waals surface area contributed by atoms with Gasteiger partial charge in [0.05, 0.1) is 32.3 Å². The van der Waals surface area contributed by atoms with Crippen molar-refractivity contribution in [2.45, 2.75) is 31.3 Å². The highest BCUT2D eigenvalue weighted by Gasteiger charge is 2.42. The van der Waals surface area contributed by atoms with Gasteiger partial charge in [-0.15, -0.1) is 0 Å². The van der Waals surface area contributed by atoms with Gasteiger partial charge >= 0.3 is 5.97 Å². The maximum Gasteiger partial charge on any atom is 0.308 e. The Morgan fingerprint density at radius 1 is 1.41 bits per heavy atom. The molecule has 0 aromatic carbocycles. The molecular weight excluding hydrogens is 220 g/mol. The molecule has 2 saturated heterocycles. The first kappa shape index (κ1) is 11.4. The Morgan fingerprint density at radius 3 is 2.88 bits per heavy atom. The highest BCUT2D eigenvalue weighted by Crippen LogP contribution is 2.34. The number of methoxy groups -OCH3 is 1. The van der Waals surface area contributed by atoms with Crippen LogP contribution in [0.4, 0.5) is 0 Å². The van der Waals surface area contributed by atoms with Crippen molar-refractivity contribution in [2.24, 2.45) is 11.8 Å². The van der Waals surface area contributed by atoms with Crippen LogP contribution in [0.15, 0.2) is 0 Å². The lowest BCUT2D eigenvalue weighted by molar-refractivity contribution is -0.147. The van der Waals surface area contributed by atoms with E-state index in [1.54, 1.807) is 0 Å². The fourth-order valence-electron chi connectivity index (χ4n) is 3.17. The van der Waals surface area contributed by atoms with Gasteiger partial charge in [0, 0.05) is 12.6 Å². The number of hydrazine groups is 1. The number of fused-ring (bicyclic) bond motifs is 1. The van der Waals surface area contributed by atoms with E-state index in [-0.39, 0.29) is 11.9 Å². The largest absolute Gasteiger partial charge is 0.469 e. The molecule has 0 radical (unpaired) electrons. The normalized spacial score (nSPS) is 38.5. The van der Waals surface area contributed by atoms with Crippen LogP contribution in [-0.4, -0.2) is 49.9 Å². The van der Waals surface area contributed by atoms with E-state index in [1.165, 1.54) is 7.11 Å². The van der Waals surface area contributed by atoms with E-state index in [4.69, 9.17) is 9.47 Å². The molecule has 3 atom stereocenters. The third kappa shape index (κ3) is 2.07. The molecule has 0 bridgehead atoms. The van der Waals surface area contributed by atoms with Gasteiger partial charge in [-0.25, -0.2) is 5.01 Å². The van der Waals surface area contributed by atoms with Crippen molar-refractivity contribution in [3.63, 3.8) is 0 Å². The zero-order valence-corrected chi connectivity index (χ0v) is 10.2. The van der Waals surface area contributed by atoms with Crippen molar-refractivity contribution < 1.29 is 14.3 Å². The lowest BCUT2D eigenvalue weighted by Crippen LogP contribution is -2.53. The molecule has 3 aliphatic rings. The van der Waals surface area contributed by atoms with Crippen molar-refractivity contribution in [3.8, 4) is 0 Å². The first-order valence-corrected chi connectivity index (χ1v) is 6.46. The standard InChI is InChI=1S/C12H20N2O3/c1-16-12(15)8-2-3-9-5-14(10-6-17-7-10)13-11(9)4-8/h8-11,13H,2-7H2,1H3. The summed E-state index contributed by atoms with van der Waals surface area (Å²) in [6.07, 6.45) is 3.02. The second-order valence-corrected chi connectivity index (χ2v) is 5.37. The lowest BCUT2D eigenvalue weighted by atomic mass is 9.79. The number of carbonyl (C=O) groups excluding carboxylic acids is 1. The van der Waals surface area contributed by atoms with E-state index in [9.17, 15) is 4.79 Å². The van der Waals surface area contributed by atoms with Gasteiger partial charge in [0.15, 0.2) is 0 Å². The Hall–Kier alpha value is -0.650. The van der Waals surface area contributed by atoms with Gasteiger partial charge in [-0.2, -0.15) is 0 Å². The van der Waals surface area contributed by atoms with E-state index in [0.717, 1.165) is 39.0 Å². The summed E-state index contributed by atoms with van der Waals surface area (Å²) in [4.78, 5) is 11.6. The third-order valence-electron chi connectivity index (χ3n) is 4.35. The van der Waals surface area contributed by atoms with Gasteiger partial charge in [0.1, 0.15) is 0 Å². The molecule has 1 N–H and O–H groups in total. The molecule has 0 aromatic heterocycles. The minimum Gasteiger partial charge on any atom is -0.469 e. The number of hydrogen-bond donors (Lipinski definition) is 1. The molecule has 3 unspecified atom stereocenters. The maximum absolute atomic E-state index is 11.6. The predicted molar refractivity (Wildman–Crippen MR) is 61.1 cm³/mol. The van der Waals surface area contributed by atoms with Gasteiger partial charge in [-0.1, -0.05) is 0 Å². The number of rotatable bonds is 2. The highest BCUT2D eigenvalue weighted by molar-refractivity contribution is 5.72. The summed E-state index contributed by atoms with van der Waals surface area (Å²) in [5.41, 5.74) is 3.55. The fraction of sp³-hybridized carbons (Fsp3) is 0.917. The monoisotopic (exact) mass is 240 g/mol. The molecule has 5 nitrogen and oxygen atoms in total. The average Bonchev–Trinajstić information content (AvgIpc) is 2.67. The van der Waals surface area contributed by atoms with E-state index in [0.29, 0.717) is 18.0 Å². The van der Waals surface area contributed by atoms with Crippen molar-refractivity contribution >= 4 is 5.97 Å². The molecule has 1 aliphatic carbocycles. The number of carbonyl (C=O) groups is 1. The Bertz CT molecular complexity index is 306. The first-order valence-electron chi connectivity index (χ1n) is 6.46. The Balaban J connectivity index is 1.58. The molecule has 0 aromatic rings. The SMILES string of the molecule is COC(=O)C1CCC2CN(C3COC3)NC2C1. The number of ether oxygens (including phenoxy) is 2. The highest BCUT2D eigenvalue weighted by atomic mass is 16.5. The second-order valence-electron chi connectivity index (χ2n) is 5.37. The van der Waals surface area contributed by atoms with E-state index < -0.39 is 0 Å². The van der Waals surface area contributed by atoms with Gasteiger partial charge in [0.2, 0.25) is 0 Å². The fourth-order valence-corrected chi connectivity index (χ4v) is 3.17. The maximum atomic E-state index is 11.6. The van der Waals surface area contributed by atoms with Crippen molar-refractivity contribution in [2.75, 3.05) is 26.9 Å². The summed E-state index contributed by atoms with van der Waals surface area (Å²) < 4.78 is 10.1. The van der Waals surface area contributed by atoms with Gasteiger partial charge in [-0.3, -0.25) is 10.2 Å². The lowest BCUT2D eigenvalue weighted by Gasteiger charge is -2.34. The third-order valence-corrected chi connectivity index (χ3v) is 4.35. The minimum absolute atomic E-state index is 0.0457. The molecule has 0 spiro atoms. The molecule has 5 heteroatoms. The predicted octanol–water partition coefficient (Wildman–Crippen LogP) is 0.163. The van der Waals surface area contributed by atoms with Crippen molar-refractivity contribution in [1.29, 1.82) is 0 Å². The molecular formula is C12H20N2O3. The number of nitrogens with zero attached hydrogens (tertiary/aromatic N) is 1. The summed E-state index contributed by atoms with van der Waals surface area (Å²) in [7, 11) is 1.48. The first-order chi connectivity index (χ1) is 8.28. The summed E-state index contributed by atoms with van der Waals surface area (Å²) in [5, 5.41) is 2.32. The molecule has 1 saturated carbocycles. The summed E-state index contributed by atoms with van der Waals surface area (Å²) in [6.45, 7) is 2.78. The van der Waals surface area contributed by atoms with Crippen LogP contribution in [0, 0.1) is 11.8 Å². The van der Waals surface area contributed by atoms with Crippen molar-refractivity contribution in [3.05, 3.63) is 0 Å². The van der Waals surface area contributed by atoms with E-state index in [1.807, 2.05) is 0 Å². The van der Waals surface area contributed by atoms with Crippen LogP contribution in [0.1, 0.15) is 19.3 Å².